The smallest absolute Gasteiger partial charge is 0.251 e. The topological polar surface area (TPSA) is 86.7 Å². The summed E-state index contributed by atoms with van der Waals surface area (Å²) >= 11 is 6.19. The van der Waals surface area contributed by atoms with Crippen molar-refractivity contribution in [2.24, 2.45) is 11.8 Å². The van der Waals surface area contributed by atoms with Gasteiger partial charge in [-0.05, 0) is 49.8 Å². The quantitative estimate of drug-likeness (QED) is 0.754. The normalized spacial score (nSPS) is 26.8. The van der Waals surface area contributed by atoms with E-state index in [0.717, 1.165) is 38.5 Å². The maximum Gasteiger partial charge on any atom is 0.251 e. The Morgan fingerprint density at radius 1 is 1.25 bits per heavy atom. The third-order valence-electron chi connectivity index (χ3n) is 5.82. The minimum atomic E-state index is -3.74. The van der Waals surface area contributed by atoms with Crippen LogP contribution in [0.15, 0.2) is 23.1 Å². The van der Waals surface area contributed by atoms with E-state index < -0.39 is 16.1 Å². The monoisotopic (exact) mass is 428 g/mol. The highest BCUT2D eigenvalue weighted by atomic mass is 35.5. The maximum absolute atomic E-state index is 13.1. The van der Waals surface area contributed by atoms with Crippen LogP contribution in [0.5, 0.6) is 0 Å². The number of aliphatic hydroxyl groups is 1. The fourth-order valence-electron chi connectivity index (χ4n) is 4.10. The Labute approximate surface area is 172 Å². The molecule has 2 N–H and O–H groups in total. The van der Waals surface area contributed by atoms with Crippen LogP contribution in [0.25, 0.3) is 0 Å². The first-order valence-electron chi connectivity index (χ1n) is 10.0. The Morgan fingerprint density at radius 3 is 2.71 bits per heavy atom. The molecule has 1 aliphatic heterocycles. The van der Waals surface area contributed by atoms with Crippen molar-refractivity contribution in [3.63, 3.8) is 0 Å². The van der Waals surface area contributed by atoms with Gasteiger partial charge in [0.15, 0.2) is 0 Å². The predicted octanol–water partition coefficient (Wildman–Crippen LogP) is 3.04. The highest BCUT2D eigenvalue weighted by Crippen LogP contribution is 2.29. The Kier molecular flexibility index (Phi) is 7.02. The van der Waals surface area contributed by atoms with Crippen molar-refractivity contribution in [1.82, 2.24) is 9.62 Å². The van der Waals surface area contributed by atoms with E-state index in [2.05, 4.69) is 5.32 Å². The lowest BCUT2D eigenvalue weighted by Crippen LogP contribution is -2.39. The van der Waals surface area contributed by atoms with Crippen molar-refractivity contribution >= 4 is 27.5 Å². The Bertz CT molecular complexity index is 814. The van der Waals surface area contributed by atoms with E-state index in [1.807, 2.05) is 6.92 Å². The number of piperidine rings is 1. The number of hydrogen-bond donors (Lipinski definition) is 2. The number of benzene rings is 1. The van der Waals surface area contributed by atoms with E-state index in [1.165, 1.54) is 22.5 Å². The first-order chi connectivity index (χ1) is 13.3. The van der Waals surface area contributed by atoms with E-state index in [4.69, 9.17) is 11.6 Å². The fraction of sp³-hybridized carbons (Fsp3) is 0.650. The molecular formula is C20H29ClN2O4S. The molecular weight excluding hydrogens is 400 g/mol. The molecule has 1 aliphatic carbocycles. The lowest BCUT2D eigenvalue weighted by Gasteiger charge is -2.30. The molecule has 0 spiro atoms. The van der Waals surface area contributed by atoms with Gasteiger partial charge in [0, 0.05) is 31.1 Å². The number of nitrogens with one attached hydrogen (secondary N) is 1. The Morgan fingerprint density at radius 2 is 2.00 bits per heavy atom. The number of sulfonamides is 1. The molecule has 3 atom stereocenters. The number of halogens is 1. The fourth-order valence-corrected chi connectivity index (χ4v) is 6.20. The predicted molar refractivity (Wildman–Crippen MR) is 109 cm³/mol. The molecule has 1 saturated carbocycles. The van der Waals surface area contributed by atoms with Gasteiger partial charge in [0.25, 0.3) is 5.91 Å². The van der Waals surface area contributed by atoms with Gasteiger partial charge >= 0.3 is 0 Å². The zero-order valence-corrected chi connectivity index (χ0v) is 17.8. The number of hydrogen-bond acceptors (Lipinski definition) is 4. The number of carbonyl (C=O) groups excluding carboxylic acids is 1. The third kappa shape index (κ3) is 4.87. The van der Waals surface area contributed by atoms with Crippen LogP contribution in [-0.4, -0.2) is 49.5 Å². The average molecular weight is 429 g/mol. The zero-order chi connectivity index (χ0) is 20.3. The largest absolute Gasteiger partial charge is 0.393 e. The highest BCUT2D eigenvalue weighted by molar-refractivity contribution is 7.89. The van der Waals surface area contributed by atoms with Gasteiger partial charge in [-0.25, -0.2) is 8.42 Å². The van der Waals surface area contributed by atoms with E-state index in [-0.39, 0.29) is 27.3 Å². The molecule has 0 aromatic heterocycles. The van der Waals surface area contributed by atoms with Crippen molar-refractivity contribution in [2.75, 3.05) is 19.6 Å². The number of amides is 1. The van der Waals surface area contributed by atoms with Gasteiger partial charge in [-0.1, -0.05) is 31.4 Å². The van der Waals surface area contributed by atoms with Gasteiger partial charge < -0.3 is 10.4 Å². The Hall–Kier alpha value is -1.15. The van der Waals surface area contributed by atoms with Gasteiger partial charge in [0.1, 0.15) is 4.90 Å². The van der Waals surface area contributed by atoms with E-state index in [1.54, 1.807) is 0 Å². The number of rotatable bonds is 5. The summed E-state index contributed by atoms with van der Waals surface area (Å²) in [5, 5.41) is 13.0. The summed E-state index contributed by atoms with van der Waals surface area (Å²) in [7, 11) is -3.74. The molecule has 1 amide bonds. The molecule has 1 saturated heterocycles. The van der Waals surface area contributed by atoms with Gasteiger partial charge in [-0.15, -0.1) is 0 Å². The van der Waals surface area contributed by atoms with Crippen molar-refractivity contribution < 1.29 is 18.3 Å². The van der Waals surface area contributed by atoms with Crippen LogP contribution in [0.4, 0.5) is 0 Å². The van der Waals surface area contributed by atoms with Crippen molar-refractivity contribution in [1.29, 1.82) is 0 Å². The second kappa shape index (κ2) is 9.11. The average Bonchev–Trinajstić information content (AvgIpc) is 2.67. The first kappa shape index (κ1) is 21.6. The standard InChI is InChI=1S/C20H29ClN2O4S/c1-14-5-4-10-23(13-14)28(26,27)19-11-15(8-9-17(19)21)20(25)22-12-16-6-2-3-7-18(16)24/h8-9,11,14,16,18,24H,2-7,10,12-13H2,1H3,(H,22,25). The minimum Gasteiger partial charge on any atom is -0.393 e. The summed E-state index contributed by atoms with van der Waals surface area (Å²) in [6.45, 7) is 3.36. The molecule has 0 bridgehead atoms. The zero-order valence-electron chi connectivity index (χ0n) is 16.2. The molecule has 1 aromatic carbocycles. The second-order valence-corrected chi connectivity index (χ2v) is 10.4. The van der Waals surface area contributed by atoms with E-state index in [9.17, 15) is 18.3 Å². The molecule has 1 aromatic rings. The van der Waals surface area contributed by atoms with Crippen molar-refractivity contribution in [2.45, 2.75) is 56.4 Å². The van der Waals surface area contributed by atoms with Gasteiger partial charge in [-0.2, -0.15) is 4.31 Å². The van der Waals surface area contributed by atoms with Crippen LogP contribution in [-0.2, 0) is 10.0 Å². The lowest BCUT2D eigenvalue weighted by molar-refractivity contribution is 0.0663. The summed E-state index contributed by atoms with van der Waals surface area (Å²) in [5.41, 5.74) is 0.262. The highest BCUT2D eigenvalue weighted by Gasteiger charge is 2.31. The molecule has 156 valence electrons. The van der Waals surface area contributed by atoms with Gasteiger partial charge in [0.2, 0.25) is 10.0 Å². The number of aliphatic hydroxyl groups excluding tert-OH is 1. The molecule has 0 radical (unpaired) electrons. The minimum absolute atomic E-state index is 0.0198. The second-order valence-electron chi connectivity index (χ2n) is 8.08. The van der Waals surface area contributed by atoms with Gasteiger partial charge in [-0.3, -0.25) is 4.79 Å². The summed E-state index contributed by atoms with van der Waals surface area (Å²) in [5.74, 6) is -0.00311. The summed E-state index contributed by atoms with van der Waals surface area (Å²) in [6, 6.07) is 4.36. The van der Waals surface area contributed by atoms with Crippen LogP contribution in [0.3, 0.4) is 0 Å². The van der Waals surface area contributed by atoms with Crippen molar-refractivity contribution in [3.8, 4) is 0 Å². The summed E-state index contributed by atoms with van der Waals surface area (Å²) < 4.78 is 27.6. The van der Waals surface area contributed by atoms with Crippen LogP contribution in [0.2, 0.25) is 5.02 Å². The molecule has 2 fully saturated rings. The molecule has 8 heteroatoms. The van der Waals surface area contributed by atoms with E-state index >= 15 is 0 Å². The molecule has 6 nitrogen and oxygen atoms in total. The van der Waals surface area contributed by atoms with Crippen LogP contribution in [0, 0.1) is 11.8 Å². The SMILES string of the molecule is CC1CCCN(S(=O)(=O)c2cc(C(=O)NCC3CCCCC3O)ccc2Cl)C1. The molecule has 1 heterocycles. The summed E-state index contributed by atoms with van der Waals surface area (Å²) in [6.07, 6.45) is 5.15. The third-order valence-corrected chi connectivity index (χ3v) is 8.17. The van der Waals surface area contributed by atoms with E-state index in [0.29, 0.717) is 25.6 Å². The molecule has 28 heavy (non-hydrogen) atoms. The maximum atomic E-state index is 13.1. The number of nitrogens with zero attached hydrogens (tertiary/aromatic N) is 1. The number of carbonyl (C=O) groups is 1. The Balaban J connectivity index is 1.74. The van der Waals surface area contributed by atoms with Gasteiger partial charge in [0.05, 0.1) is 11.1 Å². The lowest BCUT2D eigenvalue weighted by atomic mass is 9.86. The molecule has 2 aliphatic rings. The molecule has 3 unspecified atom stereocenters. The van der Waals surface area contributed by atoms with Crippen molar-refractivity contribution in [3.05, 3.63) is 28.8 Å². The molecule has 3 rings (SSSR count). The van der Waals surface area contributed by atoms with Crippen LogP contribution in [0.1, 0.15) is 55.8 Å². The summed E-state index contributed by atoms with van der Waals surface area (Å²) in [4.78, 5) is 12.5. The van der Waals surface area contributed by atoms with Crippen LogP contribution >= 0.6 is 11.6 Å². The first-order valence-corrected chi connectivity index (χ1v) is 11.9. The van der Waals surface area contributed by atoms with Crippen LogP contribution < -0.4 is 5.32 Å².